The Balaban J connectivity index is 1.75. The number of aromatic nitrogens is 1. The lowest BCUT2D eigenvalue weighted by atomic mass is 10.1. The molecule has 4 aromatic rings. The lowest BCUT2D eigenvalue weighted by Crippen LogP contribution is -2.17. The van der Waals surface area contributed by atoms with Crippen LogP contribution < -0.4 is 4.80 Å². The summed E-state index contributed by atoms with van der Waals surface area (Å²) in [6.45, 7) is 0.811. The van der Waals surface area contributed by atoms with Gasteiger partial charge in [0.2, 0.25) is 0 Å². The second-order valence-corrected chi connectivity index (χ2v) is 7.08. The molecular formula is C23H19FN2S. The summed E-state index contributed by atoms with van der Waals surface area (Å²) in [6, 6.07) is 27.0. The lowest BCUT2D eigenvalue weighted by Gasteiger charge is -2.09. The molecule has 0 unspecified atom stereocenters. The predicted octanol–water partition coefficient (Wildman–Crippen LogP) is 5.83. The highest BCUT2D eigenvalue weighted by molar-refractivity contribution is 7.07. The van der Waals surface area contributed by atoms with Gasteiger partial charge in [0.25, 0.3) is 0 Å². The first-order chi connectivity index (χ1) is 13.3. The number of hydrogen-bond acceptors (Lipinski definition) is 2. The van der Waals surface area contributed by atoms with E-state index >= 15 is 0 Å². The molecular weight excluding hydrogens is 355 g/mol. The van der Waals surface area contributed by atoms with Crippen molar-refractivity contribution in [2.45, 2.75) is 13.0 Å². The minimum atomic E-state index is -0.223. The molecule has 3 aromatic carbocycles. The molecule has 0 fully saturated rings. The van der Waals surface area contributed by atoms with Crippen molar-refractivity contribution in [1.82, 2.24) is 4.57 Å². The molecule has 0 aliphatic heterocycles. The average molecular weight is 374 g/mol. The minimum absolute atomic E-state index is 0.223. The van der Waals surface area contributed by atoms with Crippen LogP contribution in [0.5, 0.6) is 0 Å². The van der Waals surface area contributed by atoms with Crippen molar-refractivity contribution in [3.63, 3.8) is 0 Å². The molecule has 4 rings (SSSR count). The number of aryl methyl sites for hydroxylation is 1. The fourth-order valence-corrected chi connectivity index (χ4v) is 3.94. The van der Waals surface area contributed by atoms with E-state index in [1.165, 1.54) is 17.7 Å². The van der Waals surface area contributed by atoms with Gasteiger partial charge < -0.3 is 4.57 Å². The summed E-state index contributed by atoms with van der Waals surface area (Å²) >= 11 is 1.61. The van der Waals surface area contributed by atoms with E-state index in [0.29, 0.717) is 0 Å². The number of nitrogens with zero attached hydrogens (tertiary/aromatic N) is 2. The van der Waals surface area contributed by atoms with Gasteiger partial charge in [-0.1, -0.05) is 48.5 Å². The van der Waals surface area contributed by atoms with Crippen LogP contribution in [-0.4, -0.2) is 4.57 Å². The predicted molar refractivity (Wildman–Crippen MR) is 110 cm³/mol. The molecule has 0 atom stereocenters. The Bertz CT molecular complexity index is 1060. The van der Waals surface area contributed by atoms with E-state index in [9.17, 15) is 4.39 Å². The van der Waals surface area contributed by atoms with Crippen molar-refractivity contribution in [2.24, 2.45) is 4.99 Å². The number of hydrogen-bond donors (Lipinski definition) is 0. The van der Waals surface area contributed by atoms with Crippen molar-refractivity contribution in [3.05, 3.63) is 106 Å². The highest BCUT2D eigenvalue weighted by Gasteiger charge is 2.09. The van der Waals surface area contributed by atoms with Crippen LogP contribution >= 0.6 is 11.3 Å². The first-order valence-corrected chi connectivity index (χ1v) is 9.75. The van der Waals surface area contributed by atoms with Crippen molar-refractivity contribution in [3.8, 4) is 11.3 Å². The summed E-state index contributed by atoms with van der Waals surface area (Å²) in [6.07, 6.45) is 0.910. The molecule has 134 valence electrons. The number of rotatable bonds is 5. The monoisotopic (exact) mass is 374 g/mol. The molecule has 0 bridgehead atoms. The van der Waals surface area contributed by atoms with Crippen molar-refractivity contribution in [1.29, 1.82) is 0 Å². The van der Waals surface area contributed by atoms with Gasteiger partial charge in [-0.05, 0) is 53.9 Å². The summed E-state index contributed by atoms with van der Waals surface area (Å²) in [7, 11) is 0. The van der Waals surface area contributed by atoms with Gasteiger partial charge in [-0.25, -0.2) is 9.38 Å². The molecule has 0 saturated heterocycles. The Kier molecular flexibility index (Phi) is 5.26. The van der Waals surface area contributed by atoms with Crippen molar-refractivity contribution >= 4 is 17.0 Å². The van der Waals surface area contributed by atoms with Crippen LogP contribution in [0.4, 0.5) is 10.1 Å². The number of thiazole rings is 1. The zero-order valence-corrected chi connectivity index (χ0v) is 15.6. The van der Waals surface area contributed by atoms with Gasteiger partial charge in [0, 0.05) is 11.9 Å². The maximum Gasteiger partial charge on any atom is 0.190 e. The van der Waals surface area contributed by atoms with E-state index in [2.05, 4.69) is 34.2 Å². The van der Waals surface area contributed by atoms with Gasteiger partial charge in [-0.3, -0.25) is 0 Å². The molecule has 1 heterocycles. The molecule has 0 radical (unpaired) electrons. The van der Waals surface area contributed by atoms with Crippen LogP contribution in [0.1, 0.15) is 5.56 Å². The first kappa shape index (κ1) is 17.4. The quantitative estimate of drug-likeness (QED) is 0.418. The molecule has 4 heteroatoms. The number of para-hydroxylation sites is 1. The maximum atomic E-state index is 13.3. The van der Waals surface area contributed by atoms with Gasteiger partial charge in [-0.2, -0.15) is 0 Å². The van der Waals surface area contributed by atoms with Gasteiger partial charge in [0.05, 0.1) is 11.4 Å². The largest absolute Gasteiger partial charge is 0.316 e. The first-order valence-electron chi connectivity index (χ1n) is 8.87. The van der Waals surface area contributed by atoms with Gasteiger partial charge in [0.1, 0.15) is 5.82 Å². The summed E-state index contributed by atoms with van der Waals surface area (Å²) in [5.41, 5.74) is 4.27. The molecule has 0 amide bonds. The molecule has 0 aliphatic rings. The lowest BCUT2D eigenvalue weighted by molar-refractivity contribution is 0.627. The zero-order chi connectivity index (χ0) is 18.5. The fraction of sp³-hybridized carbons (Fsp3) is 0.0870. The Morgan fingerprint density at radius 3 is 2.19 bits per heavy atom. The van der Waals surface area contributed by atoms with Crippen LogP contribution in [0.3, 0.4) is 0 Å². The van der Waals surface area contributed by atoms with Gasteiger partial charge in [-0.15, -0.1) is 11.3 Å². The summed E-state index contributed by atoms with van der Waals surface area (Å²) in [5, 5.41) is 2.10. The SMILES string of the molecule is Fc1ccc(-c2csc(=Nc3ccccc3)n2CCc2ccccc2)cc1. The zero-order valence-electron chi connectivity index (χ0n) is 14.8. The summed E-state index contributed by atoms with van der Waals surface area (Å²) in [5.74, 6) is -0.223. The van der Waals surface area contributed by atoms with Crippen LogP contribution in [0.2, 0.25) is 0 Å². The highest BCUT2D eigenvalue weighted by Crippen LogP contribution is 2.22. The molecule has 0 spiro atoms. The number of benzene rings is 3. The Hall–Kier alpha value is -2.98. The molecule has 27 heavy (non-hydrogen) atoms. The third kappa shape index (κ3) is 4.23. The fourth-order valence-electron chi connectivity index (χ4n) is 2.98. The molecule has 2 nitrogen and oxygen atoms in total. The van der Waals surface area contributed by atoms with E-state index in [-0.39, 0.29) is 5.82 Å². The van der Waals surface area contributed by atoms with Crippen LogP contribution in [0.15, 0.2) is 95.3 Å². The molecule has 1 aromatic heterocycles. The Labute approximate surface area is 161 Å². The standard InChI is InChI=1S/C23H19FN2S/c24-20-13-11-19(12-14-20)22-17-27-23(25-21-9-5-2-6-10-21)26(22)16-15-18-7-3-1-4-8-18/h1-14,17H,15-16H2. The Morgan fingerprint density at radius 2 is 1.48 bits per heavy atom. The molecule has 0 aliphatic carbocycles. The number of halogens is 1. The second kappa shape index (κ2) is 8.14. The van der Waals surface area contributed by atoms with E-state index < -0.39 is 0 Å². The topological polar surface area (TPSA) is 17.3 Å². The van der Waals surface area contributed by atoms with E-state index in [4.69, 9.17) is 4.99 Å². The van der Waals surface area contributed by atoms with Gasteiger partial charge in [0.15, 0.2) is 4.80 Å². The summed E-state index contributed by atoms with van der Waals surface area (Å²) in [4.78, 5) is 5.77. The van der Waals surface area contributed by atoms with Crippen LogP contribution in [0.25, 0.3) is 11.3 Å². The third-order valence-corrected chi connectivity index (χ3v) is 5.25. The van der Waals surface area contributed by atoms with Crippen molar-refractivity contribution < 1.29 is 4.39 Å². The van der Waals surface area contributed by atoms with Gasteiger partial charge >= 0.3 is 0 Å². The van der Waals surface area contributed by atoms with E-state index in [1.54, 1.807) is 11.3 Å². The van der Waals surface area contributed by atoms with E-state index in [1.807, 2.05) is 48.5 Å². The smallest absolute Gasteiger partial charge is 0.190 e. The van der Waals surface area contributed by atoms with Crippen LogP contribution in [-0.2, 0) is 13.0 Å². The average Bonchev–Trinajstić information content (AvgIpc) is 3.11. The molecule has 0 saturated carbocycles. The summed E-state index contributed by atoms with van der Waals surface area (Å²) < 4.78 is 15.6. The highest BCUT2D eigenvalue weighted by atomic mass is 32.1. The van der Waals surface area contributed by atoms with E-state index in [0.717, 1.165) is 34.7 Å². The minimum Gasteiger partial charge on any atom is -0.316 e. The normalized spacial score (nSPS) is 11.7. The second-order valence-electron chi connectivity index (χ2n) is 6.24. The van der Waals surface area contributed by atoms with Crippen molar-refractivity contribution in [2.75, 3.05) is 0 Å². The Morgan fingerprint density at radius 1 is 0.815 bits per heavy atom. The molecule has 0 N–H and O–H groups in total. The third-order valence-electron chi connectivity index (χ3n) is 4.39. The maximum absolute atomic E-state index is 13.3. The van der Waals surface area contributed by atoms with Crippen LogP contribution in [0, 0.1) is 5.82 Å².